The highest BCUT2D eigenvalue weighted by molar-refractivity contribution is 6.04. The SMILES string of the molecule is Cc1ccc(NCC(=O)Nc2ccccc2C(=O)NC2CCCC2)cc1C. The Kier molecular flexibility index (Phi) is 6.12. The van der Waals surface area contributed by atoms with Gasteiger partial charge in [0.05, 0.1) is 17.8 Å². The summed E-state index contributed by atoms with van der Waals surface area (Å²) in [6.45, 7) is 4.24. The van der Waals surface area contributed by atoms with E-state index in [1.54, 1.807) is 12.1 Å². The highest BCUT2D eigenvalue weighted by Gasteiger charge is 2.20. The summed E-state index contributed by atoms with van der Waals surface area (Å²) >= 11 is 0. The zero-order valence-electron chi connectivity index (χ0n) is 16.0. The Morgan fingerprint density at radius 1 is 1.00 bits per heavy atom. The first-order chi connectivity index (χ1) is 13.0. The number of benzene rings is 2. The molecule has 0 radical (unpaired) electrons. The fourth-order valence-electron chi connectivity index (χ4n) is 3.35. The van der Waals surface area contributed by atoms with Crippen LogP contribution >= 0.6 is 0 Å². The van der Waals surface area contributed by atoms with Crippen molar-refractivity contribution >= 4 is 23.2 Å². The van der Waals surface area contributed by atoms with Gasteiger partial charge in [0, 0.05) is 11.7 Å². The van der Waals surface area contributed by atoms with Gasteiger partial charge in [0.2, 0.25) is 5.91 Å². The minimum absolute atomic E-state index is 0.125. The number of carbonyl (C=O) groups is 2. The maximum Gasteiger partial charge on any atom is 0.253 e. The molecule has 0 heterocycles. The van der Waals surface area contributed by atoms with E-state index in [4.69, 9.17) is 0 Å². The molecule has 1 fully saturated rings. The topological polar surface area (TPSA) is 70.2 Å². The molecule has 0 spiro atoms. The summed E-state index contributed by atoms with van der Waals surface area (Å²) in [6, 6.07) is 13.4. The van der Waals surface area contributed by atoms with Crippen LogP contribution in [0.5, 0.6) is 0 Å². The minimum atomic E-state index is -0.186. The molecule has 5 nitrogen and oxygen atoms in total. The average molecular weight is 365 g/mol. The van der Waals surface area contributed by atoms with Gasteiger partial charge in [0.25, 0.3) is 5.91 Å². The third-order valence-corrected chi connectivity index (χ3v) is 5.10. The van der Waals surface area contributed by atoms with Gasteiger partial charge in [-0.25, -0.2) is 0 Å². The van der Waals surface area contributed by atoms with Gasteiger partial charge in [-0.2, -0.15) is 0 Å². The Bertz CT molecular complexity index is 826. The third-order valence-electron chi connectivity index (χ3n) is 5.10. The Balaban J connectivity index is 1.60. The molecule has 0 aromatic heterocycles. The standard InChI is InChI=1S/C22H27N3O2/c1-15-11-12-18(13-16(15)2)23-14-21(26)25-20-10-6-5-9-19(20)22(27)24-17-7-3-4-8-17/h5-6,9-13,17,23H,3-4,7-8,14H2,1-2H3,(H,24,27)(H,25,26). The molecule has 0 bridgehead atoms. The van der Waals surface area contributed by atoms with Crippen molar-refractivity contribution < 1.29 is 9.59 Å². The smallest absolute Gasteiger partial charge is 0.253 e. The molecule has 0 atom stereocenters. The maximum atomic E-state index is 12.6. The van der Waals surface area contributed by atoms with Crippen LogP contribution in [-0.2, 0) is 4.79 Å². The molecule has 0 aliphatic heterocycles. The molecule has 2 amide bonds. The molecule has 142 valence electrons. The van der Waals surface area contributed by atoms with Crippen molar-refractivity contribution in [1.29, 1.82) is 0 Å². The first kappa shape index (κ1) is 19.0. The molecule has 0 unspecified atom stereocenters. The van der Waals surface area contributed by atoms with Crippen LogP contribution in [0.2, 0.25) is 0 Å². The van der Waals surface area contributed by atoms with Crippen LogP contribution in [0.15, 0.2) is 42.5 Å². The monoisotopic (exact) mass is 365 g/mol. The van der Waals surface area contributed by atoms with E-state index >= 15 is 0 Å². The van der Waals surface area contributed by atoms with Crippen LogP contribution in [0.1, 0.15) is 47.2 Å². The van der Waals surface area contributed by atoms with Crippen LogP contribution < -0.4 is 16.0 Å². The lowest BCUT2D eigenvalue weighted by atomic mass is 10.1. The molecule has 1 saturated carbocycles. The summed E-state index contributed by atoms with van der Waals surface area (Å²) in [7, 11) is 0. The third kappa shape index (κ3) is 5.09. The van der Waals surface area contributed by atoms with E-state index in [9.17, 15) is 9.59 Å². The number of amides is 2. The lowest BCUT2D eigenvalue weighted by Gasteiger charge is -2.15. The number of para-hydroxylation sites is 1. The normalized spacial score (nSPS) is 14.0. The van der Waals surface area contributed by atoms with Crippen molar-refractivity contribution in [3.8, 4) is 0 Å². The lowest BCUT2D eigenvalue weighted by molar-refractivity contribution is -0.114. The fraction of sp³-hybridized carbons (Fsp3) is 0.364. The van der Waals surface area contributed by atoms with Crippen LogP contribution in [-0.4, -0.2) is 24.4 Å². The Morgan fingerprint density at radius 2 is 1.74 bits per heavy atom. The van der Waals surface area contributed by atoms with Crippen molar-refractivity contribution in [2.45, 2.75) is 45.6 Å². The second-order valence-electron chi connectivity index (χ2n) is 7.20. The van der Waals surface area contributed by atoms with E-state index in [1.807, 2.05) is 37.3 Å². The molecule has 5 heteroatoms. The molecular weight excluding hydrogens is 338 g/mol. The van der Waals surface area contributed by atoms with E-state index < -0.39 is 0 Å². The van der Waals surface area contributed by atoms with Crippen molar-refractivity contribution in [2.24, 2.45) is 0 Å². The van der Waals surface area contributed by atoms with Crippen molar-refractivity contribution in [3.05, 3.63) is 59.2 Å². The molecule has 27 heavy (non-hydrogen) atoms. The Labute approximate surface area is 160 Å². The fourth-order valence-corrected chi connectivity index (χ4v) is 3.35. The van der Waals surface area contributed by atoms with E-state index in [-0.39, 0.29) is 24.4 Å². The number of nitrogens with one attached hydrogen (secondary N) is 3. The zero-order valence-corrected chi connectivity index (χ0v) is 16.0. The van der Waals surface area contributed by atoms with Crippen LogP contribution in [0.4, 0.5) is 11.4 Å². The van der Waals surface area contributed by atoms with Crippen molar-refractivity contribution in [2.75, 3.05) is 17.2 Å². The average Bonchev–Trinajstić information content (AvgIpc) is 3.16. The van der Waals surface area contributed by atoms with Gasteiger partial charge < -0.3 is 16.0 Å². The van der Waals surface area contributed by atoms with Gasteiger partial charge in [-0.15, -0.1) is 0 Å². The van der Waals surface area contributed by atoms with E-state index in [1.165, 1.54) is 11.1 Å². The summed E-state index contributed by atoms with van der Waals surface area (Å²) < 4.78 is 0. The quantitative estimate of drug-likeness (QED) is 0.724. The van der Waals surface area contributed by atoms with E-state index in [0.717, 1.165) is 31.4 Å². The number of anilines is 2. The van der Waals surface area contributed by atoms with Gasteiger partial charge >= 0.3 is 0 Å². The van der Waals surface area contributed by atoms with Crippen molar-refractivity contribution in [1.82, 2.24) is 5.32 Å². The van der Waals surface area contributed by atoms with Crippen LogP contribution in [0, 0.1) is 13.8 Å². The van der Waals surface area contributed by atoms with Gasteiger partial charge in [-0.1, -0.05) is 31.0 Å². The van der Waals surface area contributed by atoms with E-state index in [0.29, 0.717) is 11.3 Å². The predicted octanol–water partition coefficient (Wildman–Crippen LogP) is 4.03. The molecule has 2 aromatic rings. The second kappa shape index (κ2) is 8.71. The molecule has 1 aliphatic rings. The first-order valence-electron chi connectivity index (χ1n) is 9.54. The largest absolute Gasteiger partial charge is 0.376 e. The van der Waals surface area contributed by atoms with Gasteiger partial charge in [-0.05, 0) is 62.1 Å². The van der Waals surface area contributed by atoms with Crippen LogP contribution in [0.3, 0.4) is 0 Å². The predicted molar refractivity (Wildman–Crippen MR) is 109 cm³/mol. The number of aryl methyl sites for hydroxylation is 2. The van der Waals surface area contributed by atoms with E-state index in [2.05, 4.69) is 22.9 Å². The summed E-state index contributed by atoms with van der Waals surface area (Å²) in [5, 5.41) is 9.05. The Hall–Kier alpha value is -2.82. The summed E-state index contributed by atoms with van der Waals surface area (Å²) in [5.74, 6) is -0.311. The number of rotatable bonds is 6. The van der Waals surface area contributed by atoms with Crippen LogP contribution in [0.25, 0.3) is 0 Å². The Morgan fingerprint density at radius 3 is 2.48 bits per heavy atom. The highest BCUT2D eigenvalue weighted by atomic mass is 16.2. The molecular formula is C22H27N3O2. The van der Waals surface area contributed by atoms with Gasteiger partial charge in [0.15, 0.2) is 0 Å². The molecule has 2 aromatic carbocycles. The number of hydrogen-bond acceptors (Lipinski definition) is 3. The maximum absolute atomic E-state index is 12.6. The minimum Gasteiger partial charge on any atom is -0.376 e. The molecule has 1 aliphatic carbocycles. The first-order valence-corrected chi connectivity index (χ1v) is 9.54. The highest BCUT2D eigenvalue weighted by Crippen LogP contribution is 2.20. The number of carbonyl (C=O) groups excluding carboxylic acids is 2. The molecule has 3 rings (SSSR count). The summed E-state index contributed by atoms with van der Waals surface area (Å²) in [6.07, 6.45) is 4.38. The van der Waals surface area contributed by atoms with Gasteiger partial charge in [-0.3, -0.25) is 9.59 Å². The summed E-state index contributed by atoms with van der Waals surface area (Å²) in [5.41, 5.74) is 4.34. The van der Waals surface area contributed by atoms with Gasteiger partial charge in [0.1, 0.15) is 0 Å². The zero-order chi connectivity index (χ0) is 19.2. The second-order valence-corrected chi connectivity index (χ2v) is 7.20. The number of hydrogen-bond donors (Lipinski definition) is 3. The molecule has 3 N–H and O–H groups in total. The lowest BCUT2D eigenvalue weighted by Crippen LogP contribution is -2.33. The van der Waals surface area contributed by atoms with Crippen molar-refractivity contribution in [3.63, 3.8) is 0 Å². The molecule has 0 saturated heterocycles. The summed E-state index contributed by atoms with van der Waals surface area (Å²) in [4.78, 5) is 24.9.